The van der Waals surface area contributed by atoms with Crippen molar-refractivity contribution >= 4 is 22.8 Å². The summed E-state index contributed by atoms with van der Waals surface area (Å²) in [6.45, 7) is 6.46. The van der Waals surface area contributed by atoms with Crippen molar-refractivity contribution in [3.05, 3.63) is 65.4 Å². The Morgan fingerprint density at radius 2 is 1.93 bits per heavy atom. The first-order valence-electron chi connectivity index (χ1n) is 9.24. The van der Waals surface area contributed by atoms with Gasteiger partial charge in [-0.15, -0.1) is 0 Å². The summed E-state index contributed by atoms with van der Waals surface area (Å²) >= 11 is 0. The highest BCUT2D eigenvalue weighted by atomic mass is 15.4. The number of hydrogen-bond acceptors (Lipinski definition) is 6. The lowest BCUT2D eigenvalue weighted by atomic mass is 10.1. The Morgan fingerprint density at radius 1 is 1.07 bits per heavy atom. The molecule has 0 amide bonds. The third kappa shape index (κ3) is 4.23. The summed E-state index contributed by atoms with van der Waals surface area (Å²) in [5.41, 5.74) is 4.45. The van der Waals surface area contributed by atoms with Crippen LogP contribution >= 0.6 is 0 Å². The zero-order valence-electron chi connectivity index (χ0n) is 15.7. The SMILES string of the molecule is Cc1ccc2c(C)nc(NC3=NCN(CCc4ccccc4)CN3)nc2c1. The first kappa shape index (κ1) is 17.4. The van der Waals surface area contributed by atoms with Crippen molar-refractivity contribution in [2.45, 2.75) is 20.3 Å². The maximum Gasteiger partial charge on any atom is 0.230 e. The highest BCUT2D eigenvalue weighted by Crippen LogP contribution is 2.18. The van der Waals surface area contributed by atoms with Crippen LogP contribution in [0.2, 0.25) is 0 Å². The van der Waals surface area contributed by atoms with Crippen molar-refractivity contribution in [2.24, 2.45) is 4.99 Å². The van der Waals surface area contributed by atoms with Crippen LogP contribution in [0.1, 0.15) is 16.8 Å². The van der Waals surface area contributed by atoms with Gasteiger partial charge in [0.15, 0.2) is 0 Å². The summed E-state index contributed by atoms with van der Waals surface area (Å²) in [7, 11) is 0. The summed E-state index contributed by atoms with van der Waals surface area (Å²) in [6.07, 6.45) is 1.02. The molecule has 0 fully saturated rings. The molecular formula is C21H24N6. The van der Waals surface area contributed by atoms with Crippen molar-refractivity contribution < 1.29 is 0 Å². The van der Waals surface area contributed by atoms with Gasteiger partial charge in [-0.25, -0.2) is 15.0 Å². The van der Waals surface area contributed by atoms with Gasteiger partial charge in [0.05, 0.1) is 24.5 Å². The monoisotopic (exact) mass is 360 g/mol. The highest BCUT2D eigenvalue weighted by molar-refractivity contribution is 5.93. The van der Waals surface area contributed by atoms with Crippen LogP contribution in [-0.2, 0) is 6.42 Å². The first-order valence-corrected chi connectivity index (χ1v) is 9.24. The van der Waals surface area contributed by atoms with E-state index in [9.17, 15) is 0 Å². The van der Waals surface area contributed by atoms with Crippen LogP contribution in [0, 0.1) is 13.8 Å². The minimum Gasteiger partial charge on any atom is -0.343 e. The van der Waals surface area contributed by atoms with Gasteiger partial charge in [0.2, 0.25) is 11.9 Å². The number of benzene rings is 2. The summed E-state index contributed by atoms with van der Waals surface area (Å²) in [5, 5.41) is 7.62. The first-order chi connectivity index (χ1) is 13.2. The van der Waals surface area contributed by atoms with Crippen LogP contribution in [-0.4, -0.2) is 40.7 Å². The minimum atomic E-state index is 0.578. The fraction of sp³-hybridized carbons (Fsp3) is 0.286. The number of aryl methyl sites for hydroxylation is 2. The Morgan fingerprint density at radius 3 is 2.70 bits per heavy atom. The average Bonchev–Trinajstić information content (AvgIpc) is 2.68. The molecule has 0 aliphatic carbocycles. The molecule has 2 heterocycles. The van der Waals surface area contributed by atoms with Gasteiger partial charge in [-0.05, 0) is 37.5 Å². The van der Waals surface area contributed by atoms with Gasteiger partial charge in [-0.2, -0.15) is 0 Å². The Hall–Kier alpha value is -2.99. The number of nitrogens with one attached hydrogen (secondary N) is 2. The molecule has 0 spiro atoms. The van der Waals surface area contributed by atoms with E-state index < -0.39 is 0 Å². The topological polar surface area (TPSA) is 65.4 Å². The van der Waals surface area contributed by atoms with Crippen LogP contribution in [0.15, 0.2) is 53.5 Å². The molecule has 2 N–H and O–H groups in total. The maximum absolute atomic E-state index is 4.63. The van der Waals surface area contributed by atoms with Gasteiger partial charge in [0.1, 0.15) is 0 Å². The van der Waals surface area contributed by atoms with Crippen LogP contribution in [0.25, 0.3) is 10.9 Å². The van der Waals surface area contributed by atoms with E-state index in [-0.39, 0.29) is 0 Å². The van der Waals surface area contributed by atoms with Crippen LogP contribution in [0.5, 0.6) is 0 Å². The number of nitrogens with zero attached hydrogens (tertiary/aromatic N) is 4. The Balaban J connectivity index is 1.39. The molecule has 1 aliphatic rings. The van der Waals surface area contributed by atoms with E-state index in [0.717, 1.165) is 42.2 Å². The van der Waals surface area contributed by atoms with E-state index >= 15 is 0 Å². The van der Waals surface area contributed by atoms with E-state index in [0.29, 0.717) is 12.6 Å². The van der Waals surface area contributed by atoms with E-state index in [2.05, 4.69) is 79.9 Å². The molecule has 3 aromatic rings. The molecule has 0 saturated carbocycles. The predicted octanol–water partition coefficient (Wildman–Crippen LogP) is 3.08. The third-order valence-corrected chi connectivity index (χ3v) is 4.73. The number of aromatic nitrogens is 2. The number of guanidine groups is 1. The molecule has 4 rings (SSSR count). The van der Waals surface area contributed by atoms with Gasteiger partial charge < -0.3 is 5.32 Å². The van der Waals surface area contributed by atoms with E-state index in [4.69, 9.17) is 0 Å². The van der Waals surface area contributed by atoms with E-state index in [1.165, 1.54) is 11.1 Å². The van der Waals surface area contributed by atoms with Crippen molar-refractivity contribution in [2.75, 3.05) is 25.2 Å². The molecule has 1 aliphatic heterocycles. The number of fused-ring (bicyclic) bond motifs is 1. The van der Waals surface area contributed by atoms with Crippen LogP contribution < -0.4 is 10.6 Å². The fourth-order valence-electron chi connectivity index (χ4n) is 3.19. The molecule has 138 valence electrons. The van der Waals surface area contributed by atoms with Crippen molar-refractivity contribution in [1.29, 1.82) is 0 Å². The second-order valence-electron chi connectivity index (χ2n) is 6.89. The van der Waals surface area contributed by atoms with Crippen LogP contribution in [0.4, 0.5) is 5.95 Å². The quantitative estimate of drug-likeness (QED) is 0.749. The summed E-state index contributed by atoms with van der Waals surface area (Å²) < 4.78 is 0. The van der Waals surface area contributed by atoms with Gasteiger partial charge >= 0.3 is 0 Å². The molecule has 0 saturated heterocycles. The molecule has 0 radical (unpaired) electrons. The van der Waals surface area contributed by atoms with Gasteiger partial charge in [-0.3, -0.25) is 10.2 Å². The molecule has 1 aromatic heterocycles. The number of rotatable bonds is 4. The minimum absolute atomic E-state index is 0.578. The van der Waals surface area contributed by atoms with E-state index in [1.807, 2.05) is 13.0 Å². The Bertz CT molecular complexity index is 967. The number of anilines is 1. The molecule has 0 atom stereocenters. The van der Waals surface area contributed by atoms with Gasteiger partial charge in [0, 0.05) is 11.9 Å². The van der Waals surface area contributed by atoms with Gasteiger partial charge in [0.25, 0.3) is 0 Å². The molecule has 2 aromatic carbocycles. The lowest BCUT2D eigenvalue weighted by Crippen LogP contribution is -2.46. The summed E-state index contributed by atoms with van der Waals surface area (Å²) in [5.74, 6) is 1.30. The zero-order chi connectivity index (χ0) is 18.6. The second-order valence-corrected chi connectivity index (χ2v) is 6.89. The summed E-state index contributed by atoms with van der Waals surface area (Å²) in [4.78, 5) is 16.1. The second kappa shape index (κ2) is 7.72. The fourth-order valence-corrected chi connectivity index (χ4v) is 3.19. The molecule has 6 nitrogen and oxygen atoms in total. The van der Waals surface area contributed by atoms with E-state index in [1.54, 1.807) is 0 Å². The Kier molecular flexibility index (Phi) is 4.98. The lowest BCUT2D eigenvalue weighted by molar-refractivity contribution is 0.268. The molecule has 27 heavy (non-hydrogen) atoms. The molecule has 0 bridgehead atoms. The van der Waals surface area contributed by atoms with Crippen molar-refractivity contribution in [1.82, 2.24) is 20.2 Å². The van der Waals surface area contributed by atoms with Crippen LogP contribution in [0.3, 0.4) is 0 Å². The molecular weight excluding hydrogens is 336 g/mol. The largest absolute Gasteiger partial charge is 0.343 e. The predicted molar refractivity (Wildman–Crippen MR) is 110 cm³/mol. The van der Waals surface area contributed by atoms with Crippen molar-refractivity contribution in [3.63, 3.8) is 0 Å². The lowest BCUT2D eigenvalue weighted by Gasteiger charge is -2.26. The Labute approximate surface area is 159 Å². The normalized spacial score (nSPS) is 14.7. The smallest absolute Gasteiger partial charge is 0.230 e. The average molecular weight is 360 g/mol. The number of hydrogen-bond donors (Lipinski definition) is 2. The molecule has 6 heteroatoms. The third-order valence-electron chi connectivity index (χ3n) is 4.73. The molecule has 0 unspecified atom stereocenters. The summed E-state index contributed by atoms with van der Waals surface area (Å²) in [6, 6.07) is 16.8. The number of aliphatic imine (C=N–C) groups is 1. The van der Waals surface area contributed by atoms with Gasteiger partial charge in [-0.1, -0.05) is 42.5 Å². The van der Waals surface area contributed by atoms with Crippen molar-refractivity contribution in [3.8, 4) is 0 Å². The zero-order valence-corrected chi connectivity index (χ0v) is 15.7. The standard InChI is InChI=1S/C21H24N6/c1-15-8-9-18-16(2)24-21(25-19(18)12-15)26-20-22-13-27(14-23-20)11-10-17-6-4-3-5-7-17/h3-9,12H,10-11,13-14H2,1-2H3,(H2,22,23,24,25,26). The highest BCUT2D eigenvalue weighted by Gasteiger charge is 2.13. The maximum atomic E-state index is 4.63.